The van der Waals surface area contributed by atoms with Gasteiger partial charge in [-0.1, -0.05) is 39.3 Å². The molecule has 5 heteroatoms. The Morgan fingerprint density at radius 3 is 2.59 bits per heavy atom. The Balaban J connectivity index is 1.88. The maximum atomic E-state index is 6.32. The maximum Gasteiger partial charge on any atom is 0.0639 e. The first-order chi connectivity index (χ1) is 13.5. The van der Waals surface area contributed by atoms with Crippen LogP contribution in [0.4, 0.5) is 0 Å². The average Bonchev–Trinajstić information content (AvgIpc) is 2.61. The minimum Gasteiger partial charge on any atom is -0.383 e. The number of alkyl halides is 1. The lowest BCUT2D eigenvalue weighted by Gasteiger charge is -2.47. The molecule has 1 saturated heterocycles. The fourth-order valence-electron chi connectivity index (χ4n) is 5.07. The molecule has 0 spiro atoms. The lowest BCUT2D eigenvalue weighted by molar-refractivity contribution is 0.0588. The van der Waals surface area contributed by atoms with Crippen LogP contribution < -0.4 is 10.6 Å². The summed E-state index contributed by atoms with van der Waals surface area (Å²) in [5.41, 5.74) is 1.98. The minimum atomic E-state index is -0.0145. The van der Waals surface area contributed by atoms with E-state index in [9.17, 15) is 0 Å². The first-order valence-corrected chi connectivity index (χ1v) is 12.0. The van der Waals surface area contributed by atoms with Crippen molar-refractivity contribution in [1.29, 1.82) is 0 Å². The number of hydrogen-bond donors (Lipinski definition) is 2. The Morgan fingerprint density at radius 2 is 2.03 bits per heavy atom. The first-order valence-electron chi connectivity index (χ1n) is 11.6. The Morgan fingerprint density at radius 1 is 1.31 bits per heavy atom. The van der Waals surface area contributed by atoms with E-state index >= 15 is 0 Å². The van der Waals surface area contributed by atoms with E-state index in [0.717, 1.165) is 26.1 Å². The summed E-state index contributed by atoms with van der Waals surface area (Å²) in [6, 6.07) is 0.485. The number of nitrogens with one attached hydrogen (secondary N) is 2. The van der Waals surface area contributed by atoms with Gasteiger partial charge in [0.05, 0.1) is 6.61 Å². The molecule has 29 heavy (non-hydrogen) atoms. The third-order valence-corrected chi connectivity index (χ3v) is 7.23. The van der Waals surface area contributed by atoms with Crippen molar-refractivity contribution >= 4 is 11.6 Å². The van der Waals surface area contributed by atoms with Gasteiger partial charge in [-0.3, -0.25) is 5.32 Å². The van der Waals surface area contributed by atoms with Gasteiger partial charge in [0.1, 0.15) is 0 Å². The Bertz CT molecular complexity index is 532. The van der Waals surface area contributed by atoms with Gasteiger partial charge in [0.15, 0.2) is 0 Å². The van der Waals surface area contributed by atoms with Crippen molar-refractivity contribution in [3.05, 3.63) is 11.6 Å². The molecule has 0 amide bonds. The molecule has 4 nitrogen and oxygen atoms in total. The zero-order valence-corrected chi connectivity index (χ0v) is 20.7. The van der Waals surface area contributed by atoms with E-state index in [1.807, 2.05) is 0 Å². The van der Waals surface area contributed by atoms with Crippen molar-refractivity contribution in [2.75, 3.05) is 40.0 Å². The van der Waals surface area contributed by atoms with Gasteiger partial charge >= 0.3 is 0 Å². The molecule has 0 aromatic heterocycles. The van der Waals surface area contributed by atoms with Crippen molar-refractivity contribution in [1.82, 2.24) is 15.5 Å². The molecule has 1 aliphatic carbocycles. The molecule has 0 radical (unpaired) electrons. The first kappa shape index (κ1) is 25.1. The minimum absolute atomic E-state index is 0.0145. The average molecular weight is 428 g/mol. The van der Waals surface area contributed by atoms with Crippen molar-refractivity contribution in [2.24, 2.45) is 17.3 Å². The van der Waals surface area contributed by atoms with E-state index in [0.29, 0.717) is 35.3 Å². The van der Waals surface area contributed by atoms with Crippen LogP contribution in [0, 0.1) is 17.3 Å². The summed E-state index contributed by atoms with van der Waals surface area (Å²) in [6.45, 7) is 18.9. The molecule has 2 aliphatic rings. The molecule has 0 aromatic carbocycles. The summed E-state index contributed by atoms with van der Waals surface area (Å²) in [5, 5.41) is 7.68. The molecule has 170 valence electrons. The number of methoxy groups -OCH3 is 1. The zero-order chi connectivity index (χ0) is 21.7. The smallest absolute Gasteiger partial charge is 0.0639 e. The Hall–Kier alpha value is -0.130. The predicted octanol–water partition coefficient (Wildman–Crippen LogP) is 4.64. The normalized spacial score (nSPS) is 27.1. The number of nitrogens with zero attached hydrogens (tertiary/aromatic N) is 1. The topological polar surface area (TPSA) is 36.5 Å². The highest BCUT2D eigenvalue weighted by Crippen LogP contribution is 2.43. The van der Waals surface area contributed by atoms with E-state index in [1.54, 1.807) is 12.7 Å². The summed E-state index contributed by atoms with van der Waals surface area (Å²) >= 11 is 6.32. The summed E-state index contributed by atoms with van der Waals surface area (Å²) in [6.07, 6.45) is 7.13. The molecule has 1 fully saturated rings. The predicted molar refractivity (Wildman–Crippen MR) is 126 cm³/mol. The lowest BCUT2D eigenvalue weighted by Crippen LogP contribution is -2.55. The highest BCUT2D eigenvalue weighted by Gasteiger charge is 2.38. The number of ether oxygens (including phenoxy) is 1. The molecule has 1 aliphatic heterocycles. The van der Waals surface area contributed by atoms with E-state index in [1.165, 1.54) is 25.9 Å². The van der Waals surface area contributed by atoms with Gasteiger partial charge < -0.3 is 15.0 Å². The zero-order valence-electron chi connectivity index (χ0n) is 20.0. The monoisotopic (exact) mass is 427 g/mol. The van der Waals surface area contributed by atoms with Gasteiger partial charge in [0.25, 0.3) is 0 Å². The number of halogens is 1. The van der Waals surface area contributed by atoms with Crippen LogP contribution in [0.25, 0.3) is 0 Å². The van der Waals surface area contributed by atoms with E-state index in [-0.39, 0.29) is 5.54 Å². The molecule has 2 rings (SSSR count). The third-order valence-electron chi connectivity index (χ3n) is 6.83. The van der Waals surface area contributed by atoms with Crippen LogP contribution in [0.3, 0.4) is 0 Å². The molecule has 2 N–H and O–H groups in total. The molecule has 0 aromatic rings. The highest BCUT2D eigenvalue weighted by molar-refractivity contribution is 6.20. The largest absolute Gasteiger partial charge is 0.383 e. The molecule has 0 bridgehead atoms. The van der Waals surface area contributed by atoms with Crippen molar-refractivity contribution in [2.45, 2.75) is 84.2 Å². The van der Waals surface area contributed by atoms with Gasteiger partial charge in [0, 0.05) is 43.8 Å². The van der Waals surface area contributed by atoms with Crippen LogP contribution in [0.2, 0.25) is 0 Å². The number of likely N-dealkylation sites (tertiary alicyclic amines) is 1. The standard InChI is InChI=1S/C24H46ClN3O/c1-18(2)22(26-17-27-24(5,6)16-29-7)14-28-13-12-21(23(3,4)15-28)19-8-10-20(25)11-9-19/h8,18,20-22,26-27H,9-17H2,1-7H3/t20?,21?,22-/m0/s1. The van der Waals surface area contributed by atoms with Crippen LogP contribution in [0.1, 0.15) is 67.2 Å². The van der Waals surface area contributed by atoms with Crippen molar-refractivity contribution in [3.63, 3.8) is 0 Å². The van der Waals surface area contributed by atoms with Crippen LogP contribution in [0.15, 0.2) is 11.6 Å². The Labute approximate surface area is 185 Å². The second-order valence-corrected chi connectivity index (χ2v) is 11.6. The van der Waals surface area contributed by atoms with Crippen molar-refractivity contribution in [3.8, 4) is 0 Å². The van der Waals surface area contributed by atoms with Crippen LogP contribution in [-0.2, 0) is 4.74 Å². The van der Waals surface area contributed by atoms with Crippen LogP contribution >= 0.6 is 11.6 Å². The van der Waals surface area contributed by atoms with E-state index < -0.39 is 0 Å². The number of rotatable bonds is 10. The summed E-state index contributed by atoms with van der Waals surface area (Å²) < 4.78 is 5.31. The quantitative estimate of drug-likeness (QED) is 0.302. The second kappa shape index (κ2) is 10.9. The fraction of sp³-hybridized carbons (Fsp3) is 0.917. The van der Waals surface area contributed by atoms with Gasteiger partial charge in [0.2, 0.25) is 0 Å². The molecule has 3 atom stereocenters. The van der Waals surface area contributed by atoms with Gasteiger partial charge in [-0.2, -0.15) is 0 Å². The van der Waals surface area contributed by atoms with E-state index in [2.05, 4.69) is 63.2 Å². The lowest BCUT2D eigenvalue weighted by atomic mass is 9.68. The van der Waals surface area contributed by atoms with Crippen molar-refractivity contribution < 1.29 is 4.74 Å². The summed E-state index contributed by atoms with van der Waals surface area (Å²) in [7, 11) is 1.76. The molecule has 0 saturated carbocycles. The number of piperidine rings is 1. The molecule has 1 heterocycles. The fourth-order valence-corrected chi connectivity index (χ4v) is 5.27. The highest BCUT2D eigenvalue weighted by atomic mass is 35.5. The van der Waals surface area contributed by atoms with Crippen LogP contribution in [-0.4, -0.2) is 61.9 Å². The second-order valence-electron chi connectivity index (χ2n) is 10.9. The van der Waals surface area contributed by atoms with Gasteiger partial charge in [-0.25, -0.2) is 0 Å². The SMILES string of the molecule is COCC(C)(C)NCN[C@@H](CN1CCC(C2=CCC(Cl)CC2)C(C)(C)C1)C(C)C. The number of hydrogen-bond acceptors (Lipinski definition) is 4. The van der Waals surface area contributed by atoms with Crippen LogP contribution in [0.5, 0.6) is 0 Å². The maximum absolute atomic E-state index is 6.32. The van der Waals surface area contributed by atoms with Gasteiger partial charge in [-0.05, 0) is 63.3 Å². The number of allylic oxidation sites excluding steroid dienone is 2. The summed E-state index contributed by atoms with van der Waals surface area (Å²) in [4.78, 5) is 2.68. The third kappa shape index (κ3) is 7.81. The van der Waals surface area contributed by atoms with E-state index in [4.69, 9.17) is 16.3 Å². The van der Waals surface area contributed by atoms with Gasteiger partial charge in [-0.15, -0.1) is 11.6 Å². The molecule has 2 unspecified atom stereocenters. The molecular weight excluding hydrogens is 382 g/mol. The Kier molecular flexibility index (Phi) is 9.49. The summed E-state index contributed by atoms with van der Waals surface area (Å²) in [5.74, 6) is 1.31. The molecular formula is C24H46ClN3O.